The Balaban J connectivity index is 1.39. The molecule has 2 fully saturated rings. The summed E-state index contributed by atoms with van der Waals surface area (Å²) >= 11 is 0. The normalized spacial score (nSPS) is 19.6. The fraction of sp³-hybridized carbons (Fsp3) is 0.500. The third-order valence-corrected chi connectivity index (χ3v) is 5.04. The van der Waals surface area contributed by atoms with Gasteiger partial charge in [0.05, 0.1) is 23.4 Å². The van der Waals surface area contributed by atoms with Gasteiger partial charge in [-0.2, -0.15) is 10.2 Å². The van der Waals surface area contributed by atoms with Crippen LogP contribution in [0.3, 0.4) is 0 Å². The second-order valence-electron chi connectivity index (χ2n) is 6.74. The van der Waals surface area contributed by atoms with E-state index in [1.54, 1.807) is 12.1 Å². The van der Waals surface area contributed by atoms with Gasteiger partial charge >= 0.3 is 0 Å². The van der Waals surface area contributed by atoms with Crippen LogP contribution >= 0.6 is 0 Å². The summed E-state index contributed by atoms with van der Waals surface area (Å²) in [5, 5.41) is 12.9. The lowest BCUT2D eigenvalue weighted by atomic mass is 10.1. The summed E-state index contributed by atoms with van der Waals surface area (Å²) < 4.78 is 19.6. The summed E-state index contributed by atoms with van der Waals surface area (Å²) in [6.07, 6.45) is 2.31. The number of halogens is 1. The molecule has 0 amide bonds. The van der Waals surface area contributed by atoms with E-state index >= 15 is 0 Å². The predicted molar refractivity (Wildman–Crippen MR) is 89.6 cm³/mol. The predicted octanol–water partition coefficient (Wildman–Crippen LogP) is 2.84. The highest BCUT2D eigenvalue weighted by molar-refractivity contribution is 5.51. The molecule has 1 aliphatic carbocycles. The maximum Gasteiger partial charge on any atom is 0.243 e. The molecule has 0 N–H and O–H groups in total. The Labute approximate surface area is 145 Å². The standard InChI is InChI=1S/C18H20FN5O/c1-12(18-21-17(22-25-18)14-3-4-14)23-6-8-24(9-7-23)16-5-2-13(11-20)10-15(16)19/h2,5,10,12,14H,3-4,6-9H2,1H3/t12-/m0/s1. The van der Waals surface area contributed by atoms with Gasteiger partial charge in [-0.3, -0.25) is 4.90 Å². The summed E-state index contributed by atoms with van der Waals surface area (Å²) in [4.78, 5) is 8.83. The van der Waals surface area contributed by atoms with Crippen molar-refractivity contribution in [3.63, 3.8) is 0 Å². The van der Waals surface area contributed by atoms with Crippen LogP contribution < -0.4 is 4.90 Å². The molecule has 25 heavy (non-hydrogen) atoms. The van der Waals surface area contributed by atoms with Gasteiger partial charge in [-0.15, -0.1) is 0 Å². The van der Waals surface area contributed by atoms with Gasteiger partial charge < -0.3 is 9.42 Å². The van der Waals surface area contributed by atoms with E-state index in [-0.39, 0.29) is 11.9 Å². The third-order valence-electron chi connectivity index (χ3n) is 5.04. The molecular formula is C18H20FN5O. The number of nitriles is 1. The van der Waals surface area contributed by atoms with Crippen molar-refractivity contribution in [3.05, 3.63) is 41.3 Å². The van der Waals surface area contributed by atoms with Crippen molar-refractivity contribution in [1.29, 1.82) is 5.26 Å². The van der Waals surface area contributed by atoms with Crippen molar-refractivity contribution in [2.75, 3.05) is 31.1 Å². The Morgan fingerprint density at radius 2 is 2.04 bits per heavy atom. The quantitative estimate of drug-likeness (QED) is 0.852. The second-order valence-corrected chi connectivity index (χ2v) is 6.74. The van der Waals surface area contributed by atoms with Crippen molar-refractivity contribution in [1.82, 2.24) is 15.0 Å². The highest BCUT2D eigenvalue weighted by atomic mass is 19.1. The van der Waals surface area contributed by atoms with Gasteiger partial charge in [0.1, 0.15) is 5.82 Å². The highest BCUT2D eigenvalue weighted by Crippen LogP contribution is 2.38. The molecule has 0 spiro atoms. The molecule has 1 aromatic carbocycles. The molecule has 1 atom stereocenters. The smallest absolute Gasteiger partial charge is 0.243 e. The average molecular weight is 341 g/mol. The maximum atomic E-state index is 14.2. The van der Waals surface area contributed by atoms with E-state index in [1.165, 1.54) is 6.07 Å². The number of nitrogens with zero attached hydrogens (tertiary/aromatic N) is 5. The zero-order chi connectivity index (χ0) is 17.4. The number of hydrogen-bond donors (Lipinski definition) is 0. The number of piperazine rings is 1. The first-order valence-electron chi connectivity index (χ1n) is 8.68. The van der Waals surface area contributed by atoms with Gasteiger partial charge in [0.25, 0.3) is 0 Å². The molecular weight excluding hydrogens is 321 g/mol. The van der Waals surface area contributed by atoms with Gasteiger partial charge in [-0.05, 0) is 38.0 Å². The number of hydrogen-bond acceptors (Lipinski definition) is 6. The van der Waals surface area contributed by atoms with Gasteiger partial charge in [0.15, 0.2) is 5.82 Å². The second kappa shape index (κ2) is 6.45. The van der Waals surface area contributed by atoms with Crippen LogP contribution in [0.1, 0.15) is 49.0 Å². The topological polar surface area (TPSA) is 69.2 Å². The Kier molecular flexibility index (Phi) is 4.14. The van der Waals surface area contributed by atoms with Crippen LogP contribution in [-0.4, -0.2) is 41.2 Å². The van der Waals surface area contributed by atoms with Crippen LogP contribution in [0.4, 0.5) is 10.1 Å². The van der Waals surface area contributed by atoms with E-state index < -0.39 is 0 Å². The van der Waals surface area contributed by atoms with Crippen LogP contribution in [0, 0.1) is 17.1 Å². The van der Waals surface area contributed by atoms with E-state index in [2.05, 4.69) is 22.0 Å². The summed E-state index contributed by atoms with van der Waals surface area (Å²) in [7, 11) is 0. The molecule has 1 aliphatic heterocycles. The molecule has 1 aromatic heterocycles. The van der Waals surface area contributed by atoms with E-state index in [4.69, 9.17) is 9.78 Å². The first-order valence-corrected chi connectivity index (χ1v) is 8.68. The largest absolute Gasteiger partial charge is 0.367 e. The van der Waals surface area contributed by atoms with Crippen molar-refractivity contribution in [2.45, 2.75) is 31.7 Å². The lowest BCUT2D eigenvalue weighted by molar-refractivity contribution is 0.164. The first-order chi connectivity index (χ1) is 12.2. The minimum Gasteiger partial charge on any atom is -0.367 e. The van der Waals surface area contributed by atoms with Crippen LogP contribution in [0.15, 0.2) is 22.7 Å². The van der Waals surface area contributed by atoms with Gasteiger partial charge in [0.2, 0.25) is 5.89 Å². The zero-order valence-corrected chi connectivity index (χ0v) is 14.2. The van der Waals surface area contributed by atoms with Crippen molar-refractivity contribution >= 4 is 5.69 Å². The Morgan fingerprint density at radius 1 is 1.28 bits per heavy atom. The molecule has 0 unspecified atom stereocenters. The molecule has 2 aliphatic rings. The summed E-state index contributed by atoms with van der Waals surface area (Å²) in [5.41, 5.74) is 0.900. The monoisotopic (exact) mass is 341 g/mol. The molecule has 2 heterocycles. The molecule has 2 aromatic rings. The minimum absolute atomic E-state index is 0.0629. The SMILES string of the molecule is C[C@@H](c1nc(C2CC2)no1)N1CCN(c2ccc(C#N)cc2F)CC1. The fourth-order valence-electron chi connectivity index (χ4n) is 3.26. The molecule has 0 bridgehead atoms. The average Bonchev–Trinajstić information content (AvgIpc) is 3.38. The number of anilines is 1. The van der Waals surface area contributed by atoms with Crippen molar-refractivity contribution < 1.29 is 8.91 Å². The molecule has 130 valence electrons. The number of rotatable bonds is 4. The molecule has 1 saturated heterocycles. The summed E-state index contributed by atoms with van der Waals surface area (Å²) in [6.45, 7) is 5.10. The molecule has 7 heteroatoms. The van der Waals surface area contributed by atoms with Gasteiger partial charge in [-0.25, -0.2) is 4.39 Å². The van der Waals surface area contributed by atoms with E-state index in [0.717, 1.165) is 44.8 Å². The number of aromatic nitrogens is 2. The molecule has 4 rings (SSSR count). The van der Waals surface area contributed by atoms with Crippen molar-refractivity contribution in [2.24, 2.45) is 0 Å². The number of benzene rings is 1. The lowest BCUT2D eigenvalue weighted by Crippen LogP contribution is -2.47. The Morgan fingerprint density at radius 3 is 2.68 bits per heavy atom. The Bertz CT molecular complexity index is 802. The lowest BCUT2D eigenvalue weighted by Gasteiger charge is -2.38. The third kappa shape index (κ3) is 3.22. The van der Waals surface area contributed by atoms with Crippen LogP contribution in [0.5, 0.6) is 0 Å². The van der Waals surface area contributed by atoms with Crippen LogP contribution in [-0.2, 0) is 0 Å². The molecule has 0 radical (unpaired) electrons. The summed E-state index contributed by atoms with van der Waals surface area (Å²) in [5.74, 6) is 1.65. The van der Waals surface area contributed by atoms with Crippen LogP contribution in [0.25, 0.3) is 0 Å². The van der Waals surface area contributed by atoms with E-state index in [9.17, 15) is 4.39 Å². The minimum atomic E-state index is -0.341. The van der Waals surface area contributed by atoms with E-state index in [0.29, 0.717) is 23.1 Å². The molecule has 6 nitrogen and oxygen atoms in total. The van der Waals surface area contributed by atoms with Gasteiger partial charge in [0, 0.05) is 32.1 Å². The zero-order valence-electron chi connectivity index (χ0n) is 14.2. The highest BCUT2D eigenvalue weighted by Gasteiger charge is 2.31. The fourth-order valence-corrected chi connectivity index (χ4v) is 3.26. The van der Waals surface area contributed by atoms with Gasteiger partial charge in [-0.1, -0.05) is 5.16 Å². The maximum absolute atomic E-state index is 14.2. The summed E-state index contributed by atoms with van der Waals surface area (Å²) in [6, 6.07) is 6.66. The van der Waals surface area contributed by atoms with Crippen molar-refractivity contribution in [3.8, 4) is 6.07 Å². The first kappa shape index (κ1) is 16.0. The van der Waals surface area contributed by atoms with Crippen LogP contribution in [0.2, 0.25) is 0 Å². The molecule has 1 saturated carbocycles. The Hall–Kier alpha value is -2.46. The van der Waals surface area contributed by atoms with E-state index in [1.807, 2.05) is 11.0 Å².